The highest BCUT2D eigenvalue weighted by molar-refractivity contribution is 7.98. The molecule has 0 fully saturated rings. The van der Waals surface area contributed by atoms with Gasteiger partial charge in [-0.1, -0.05) is 0 Å². The summed E-state index contributed by atoms with van der Waals surface area (Å²) in [5, 5.41) is 4.58. The van der Waals surface area contributed by atoms with Crippen LogP contribution in [0.5, 0.6) is 0 Å². The van der Waals surface area contributed by atoms with Gasteiger partial charge in [0.1, 0.15) is 0 Å². The van der Waals surface area contributed by atoms with Gasteiger partial charge in [-0.2, -0.15) is 11.8 Å². The van der Waals surface area contributed by atoms with Crippen LogP contribution in [0.15, 0.2) is 24.3 Å². The molecule has 2 aromatic rings. The molecule has 1 heterocycles. The molecule has 0 amide bonds. The van der Waals surface area contributed by atoms with E-state index in [-0.39, 0.29) is 0 Å². The molecule has 0 radical (unpaired) electrons. The zero-order valence-electron chi connectivity index (χ0n) is 10.9. The molecule has 3 nitrogen and oxygen atoms in total. The summed E-state index contributed by atoms with van der Waals surface area (Å²) < 4.78 is 0. The quantitative estimate of drug-likeness (QED) is 0.640. The molecule has 0 unspecified atom stereocenters. The number of thioether (sulfide) groups is 1. The molecule has 0 aliphatic carbocycles. The average Bonchev–Trinajstić information content (AvgIpc) is 2.35. The summed E-state index contributed by atoms with van der Waals surface area (Å²) in [5.41, 5.74) is 9.78. The van der Waals surface area contributed by atoms with Gasteiger partial charge in [-0.25, -0.2) is 0 Å². The first-order valence-corrected chi connectivity index (χ1v) is 7.50. The number of fused-ring (bicyclic) bond motifs is 1. The predicted molar refractivity (Wildman–Crippen MR) is 82.4 cm³/mol. The largest absolute Gasteiger partial charge is 0.399 e. The van der Waals surface area contributed by atoms with Crippen LogP contribution in [0.4, 0.5) is 11.4 Å². The van der Waals surface area contributed by atoms with Crippen molar-refractivity contribution in [1.82, 2.24) is 4.98 Å². The van der Waals surface area contributed by atoms with E-state index in [1.54, 1.807) is 0 Å². The third-order valence-electron chi connectivity index (χ3n) is 2.80. The number of pyridine rings is 1. The fourth-order valence-electron chi connectivity index (χ4n) is 1.96. The van der Waals surface area contributed by atoms with E-state index in [9.17, 15) is 0 Å². The molecule has 0 saturated heterocycles. The zero-order chi connectivity index (χ0) is 13.0. The number of nitrogens with two attached hydrogens (primary N) is 1. The highest BCUT2D eigenvalue weighted by Gasteiger charge is 2.04. The van der Waals surface area contributed by atoms with Gasteiger partial charge in [0, 0.05) is 29.0 Å². The molecule has 2 rings (SSSR count). The Kier molecular flexibility index (Phi) is 4.31. The fraction of sp³-hybridized carbons (Fsp3) is 0.357. The molecule has 96 valence electrons. The molecule has 3 N–H and O–H groups in total. The number of benzene rings is 1. The van der Waals surface area contributed by atoms with E-state index in [1.807, 2.05) is 36.9 Å². The first-order valence-electron chi connectivity index (χ1n) is 6.10. The molecule has 18 heavy (non-hydrogen) atoms. The maximum Gasteiger partial charge on any atom is 0.0727 e. The number of aromatic nitrogens is 1. The summed E-state index contributed by atoms with van der Waals surface area (Å²) in [7, 11) is 0. The van der Waals surface area contributed by atoms with Gasteiger partial charge in [-0.3, -0.25) is 4.98 Å². The summed E-state index contributed by atoms with van der Waals surface area (Å²) in [6.07, 6.45) is 3.29. The van der Waals surface area contributed by atoms with Crippen LogP contribution in [0.25, 0.3) is 10.9 Å². The minimum atomic E-state index is 0.778. The van der Waals surface area contributed by atoms with Crippen molar-refractivity contribution >= 4 is 34.0 Å². The van der Waals surface area contributed by atoms with E-state index in [2.05, 4.69) is 22.6 Å². The first kappa shape index (κ1) is 13.0. The van der Waals surface area contributed by atoms with Crippen LogP contribution in [0.3, 0.4) is 0 Å². The zero-order valence-corrected chi connectivity index (χ0v) is 11.7. The second-order valence-corrected chi connectivity index (χ2v) is 5.35. The fourth-order valence-corrected chi connectivity index (χ4v) is 2.39. The Hall–Kier alpha value is -1.42. The summed E-state index contributed by atoms with van der Waals surface area (Å²) >= 11 is 1.87. The van der Waals surface area contributed by atoms with E-state index < -0.39 is 0 Å². The molecule has 0 spiro atoms. The Balaban J connectivity index is 2.27. The van der Waals surface area contributed by atoms with Gasteiger partial charge in [0.2, 0.25) is 0 Å². The predicted octanol–water partition coefficient (Wildman–Crippen LogP) is 3.29. The van der Waals surface area contributed by atoms with Crippen LogP contribution in [0.1, 0.15) is 12.1 Å². The summed E-state index contributed by atoms with van der Waals surface area (Å²) in [5.74, 6) is 1.18. The molecule has 0 aliphatic rings. The minimum Gasteiger partial charge on any atom is -0.399 e. The Labute approximate surface area is 112 Å². The van der Waals surface area contributed by atoms with E-state index >= 15 is 0 Å². The van der Waals surface area contributed by atoms with Gasteiger partial charge in [0.15, 0.2) is 0 Å². The van der Waals surface area contributed by atoms with Crippen molar-refractivity contribution in [2.75, 3.05) is 29.6 Å². The third-order valence-corrected chi connectivity index (χ3v) is 3.50. The number of hydrogen-bond donors (Lipinski definition) is 2. The van der Waals surface area contributed by atoms with Crippen LogP contribution in [-0.4, -0.2) is 23.5 Å². The Morgan fingerprint density at radius 1 is 1.33 bits per heavy atom. The van der Waals surface area contributed by atoms with Crippen molar-refractivity contribution in [1.29, 1.82) is 0 Å². The lowest BCUT2D eigenvalue weighted by Crippen LogP contribution is -2.04. The first-order chi connectivity index (χ1) is 8.70. The maximum atomic E-state index is 5.85. The maximum absolute atomic E-state index is 5.85. The third kappa shape index (κ3) is 3.07. The molecule has 0 atom stereocenters. The standard InChI is InChI=1S/C14H19N3S/c1-10-8-14(16-6-3-7-18-2)12-9-11(15)4-5-13(12)17-10/h4-5,8-9H,3,6-7,15H2,1-2H3,(H,16,17). The second-order valence-electron chi connectivity index (χ2n) is 4.36. The van der Waals surface area contributed by atoms with Crippen LogP contribution >= 0.6 is 11.8 Å². The monoisotopic (exact) mass is 261 g/mol. The van der Waals surface area contributed by atoms with E-state index in [4.69, 9.17) is 5.73 Å². The van der Waals surface area contributed by atoms with Gasteiger partial charge >= 0.3 is 0 Å². The summed E-state index contributed by atoms with van der Waals surface area (Å²) in [6.45, 7) is 3.00. The summed E-state index contributed by atoms with van der Waals surface area (Å²) in [6, 6.07) is 7.94. The van der Waals surface area contributed by atoms with Gasteiger partial charge in [0.05, 0.1) is 5.52 Å². The molecule has 4 heteroatoms. The Morgan fingerprint density at radius 3 is 2.94 bits per heavy atom. The number of nitrogens with zero attached hydrogens (tertiary/aromatic N) is 1. The van der Waals surface area contributed by atoms with Crippen LogP contribution < -0.4 is 11.1 Å². The normalized spacial score (nSPS) is 10.8. The molecular formula is C14H19N3S. The van der Waals surface area contributed by atoms with Gasteiger partial charge in [-0.15, -0.1) is 0 Å². The lowest BCUT2D eigenvalue weighted by molar-refractivity contribution is 0.994. The second kappa shape index (κ2) is 5.96. The minimum absolute atomic E-state index is 0.778. The Morgan fingerprint density at radius 2 is 2.17 bits per heavy atom. The van der Waals surface area contributed by atoms with Gasteiger partial charge in [-0.05, 0) is 49.6 Å². The molecule has 1 aromatic heterocycles. The molecule has 1 aromatic carbocycles. The molecule has 0 saturated carbocycles. The number of anilines is 2. The molecule has 0 aliphatic heterocycles. The Bertz CT molecular complexity index is 540. The summed E-state index contributed by atoms with van der Waals surface area (Å²) in [4.78, 5) is 4.52. The molecule has 0 bridgehead atoms. The van der Waals surface area contributed by atoms with Crippen molar-refractivity contribution in [3.63, 3.8) is 0 Å². The highest BCUT2D eigenvalue weighted by Crippen LogP contribution is 2.25. The SMILES string of the molecule is CSCCCNc1cc(C)nc2ccc(N)cc12. The smallest absolute Gasteiger partial charge is 0.0727 e. The van der Waals surface area contributed by atoms with Crippen molar-refractivity contribution in [2.45, 2.75) is 13.3 Å². The molecular weight excluding hydrogens is 242 g/mol. The number of nitrogens with one attached hydrogen (secondary N) is 1. The van der Waals surface area contributed by atoms with Gasteiger partial charge < -0.3 is 11.1 Å². The van der Waals surface area contributed by atoms with E-state index in [0.29, 0.717) is 0 Å². The van der Waals surface area contributed by atoms with Crippen molar-refractivity contribution in [3.8, 4) is 0 Å². The van der Waals surface area contributed by atoms with Crippen molar-refractivity contribution in [2.24, 2.45) is 0 Å². The van der Waals surface area contributed by atoms with Crippen LogP contribution in [-0.2, 0) is 0 Å². The lowest BCUT2D eigenvalue weighted by atomic mass is 10.1. The highest BCUT2D eigenvalue weighted by atomic mass is 32.2. The lowest BCUT2D eigenvalue weighted by Gasteiger charge is -2.11. The number of rotatable bonds is 5. The van der Waals surface area contributed by atoms with Crippen molar-refractivity contribution < 1.29 is 0 Å². The van der Waals surface area contributed by atoms with Crippen LogP contribution in [0, 0.1) is 6.92 Å². The van der Waals surface area contributed by atoms with Crippen molar-refractivity contribution in [3.05, 3.63) is 30.0 Å². The van der Waals surface area contributed by atoms with Crippen LogP contribution in [0.2, 0.25) is 0 Å². The number of hydrogen-bond acceptors (Lipinski definition) is 4. The van der Waals surface area contributed by atoms with Gasteiger partial charge in [0.25, 0.3) is 0 Å². The topological polar surface area (TPSA) is 50.9 Å². The van der Waals surface area contributed by atoms with E-state index in [0.717, 1.165) is 40.9 Å². The van der Waals surface area contributed by atoms with E-state index in [1.165, 1.54) is 5.75 Å². The average molecular weight is 261 g/mol. The number of aryl methyl sites for hydroxylation is 1. The number of nitrogen functional groups attached to an aromatic ring is 1.